The first-order chi connectivity index (χ1) is 17.1. The Morgan fingerprint density at radius 1 is 1.09 bits per heavy atom. The van der Waals surface area contributed by atoms with E-state index in [2.05, 4.69) is 15.1 Å². The molecular formula is C25H17F2N5O2S. The fraction of sp³-hybridized carbons (Fsp3) is 0.120. The van der Waals surface area contributed by atoms with Crippen molar-refractivity contribution in [2.45, 2.75) is 6.42 Å². The van der Waals surface area contributed by atoms with Crippen LogP contribution in [-0.2, 0) is 6.42 Å². The summed E-state index contributed by atoms with van der Waals surface area (Å²) in [4.78, 5) is 15.3. The summed E-state index contributed by atoms with van der Waals surface area (Å²) in [5.41, 5.74) is 3.34. The van der Waals surface area contributed by atoms with Gasteiger partial charge in [-0.1, -0.05) is 0 Å². The summed E-state index contributed by atoms with van der Waals surface area (Å²) in [5.74, 6) is 0.247. The maximum absolute atomic E-state index is 14.5. The molecule has 0 amide bonds. The molecule has 1 aromatic carbocycles. The topological polar surface area (TPSA) is 75.0 Å². The van der Waals surface area contributed by atoms with Crippen molar-refractivity contribution in [3.8, 4) is 49.8 Å². The van der Waals surface area contributed by atoms with Gasteiger partial charge in [-0.3, -0.25) is 0 Å². The molecule has 5 aromatic rings. The third-order valence-corrected chi connectivity index (χ3v) is 6.84. The number of hydrogen-bond donors (Lipinski definition) is 0. The molecule has 1 aliphatic heterocycles. The highest BCUT2D eigenvalue weighted by atomic mass is 32.1. The number of methoxy groups -OCH3 is 1. The Labute approximate surface area is 202 Å². The smallest absolute Gasteiger partial charge is 0.222 e. The van der Waals surface area contributed by atoms with Gasteiger partial charge < -0.3 is 9.47 Å². The van der Waals surface area contributed by atoms with Gasteiger partial charge in [-0.05, 0) is 48.0 Å². The first-order valence-electron chi connectivity index (χ1n) is 10.7. The zero-order valence-corrected chi connectivity index (χ0v) is 19.2. The van der Waals surface area contributed by atoms with Crippen molar-refractivity contribution in [3.05, 3.63) is 78.3 Å². The maximum Gasteiger partial charge on any atom is 0.222 e. The number of benzene rings is 1. The average molecular weight is 490 g/mol. The largest absolute Gasteiger partial charge is 0.491 e. The number of pyridine rings is 2. The summed E-state index contributed by atoms with van der Waals surface area (Å²) in [6.07, 6.45) is 3.69. The Bertz CT molecular complexity index is 1570. The fourth-order valence-corrected chi connectivity index (χ4v) is 5.25. The molecular weight excluding hydrogens is 472 g/mol. The van der Waals surface area contributed by atoms with Crippen molar-refractivity contribution >= 4 is 11.3 Å². The van der Waals surface area contributed by atoms with Gasteiger partial charge in [0, 0.05) is 18.7 Å². The van der Waals surface area contributed by atoms with E-state index in [4.69, 9.17) is 14.5 Å². The second kappa shape index (κ2) is 8.55. The number of thiophene rings is 1. The van der Waals surface area contributed by atoms with Gasteiger partial charge in [0.15, 0.2) is 11.6 Å². The molecule has 35 heavy (non-hydrogen) atoms. The second-order valence-electron chi connectivity index (χ2n) is 7.76. The molecule has 0 aliphatic carbocycles. The zero-order valence-electron chi connectivity index (χ0n) is 18.4. The number of halogens is 2. The molecule has 0 saturated carbocycles. The van der Waals surface area contributed by atoms with Gasteiger partial charge in [-0.15, -0.1) is 11.3 Å². The third-order valence-electron chi connectivity index (χ3n) is 5.66. The van der Waals surface area contributed by atoms with Crippen LogP contribution in [0, 0.1) is 11.6 Å². The Kier molecular flexibility index (Phi) is 5.22. The molecule has 0 fully saturated rings. The standard InChI is InChI=1S/C25H17F2N5O2S/c1-33-25-16(3-2-9-28-25)18-5-7-20-22(31-18)23-14(8-10-34-20)11-21(35-23)24-29-13-30-32(24)19-6-4-15(26)12-17(19)27/h2-7,9,11-13H,8,10H2,1H3. The van der Waals surface area contributed by atoms with Crippen LogP contribution in [0.15, 0.2) is 61.1 Å². The van der Waals surface area contributed by atoms with Crippen molar-refractivity contribution in [2.24, 2.45) is 0 Å². The molecule has 1 aliphatic rings. The summed E-state index contributed by atoms with van der Waals surface area (Å²) < 4.78 is 40.7. The third kappa shape index (κ3) is 3.71. The molecule has 0 bridgehead atoms. The molecule has 0 atom stereocenters. The predicted octanol–water partition coefficient (Wildman–Crippen LogP) is 5.34. The molecule has 0 saturated heterocycles. The predicted molar refractivity (Wildman–Crippen MR) is 127 cm³/mol. The van der Waals surface area contributed by atoms with Crippen LogP contribution in [0.3, 0.4) is 0 Å². The normalized spacial score (nSPS) is 12.4. The van der Waals surface area contributed by atoms with E-state index in [0.717, 1.165) is 26.9 Å². The number of aromatic nitrogens is 5. The minimum Gasteiger partial charge on any atom is -0.491 e. The molecule has 0 N–H and O–H groups in total. The van der Waals surface area contributed by atoms with E-state index in [-0.39, 0.29) is 5.69 Å². The lowest BCUT2D eigenvalue weighted by Crippen LogP contribution is -2.02. The van der Waals surface area contributed by atoms with E-state index in [1.54, 1.807) is 13.3 Å². The lowest BCUT2D eigenvalue weighted by molar-refractivity contribution is 0.325. The molecule has 10 heteroatoms. The van der Waals surface area contributed by atoms with Crippen LogP contribution in [0.1, 0.15) is 5.56 Å². The van der Waals surface area contributed by atoms with Crippen LogP contribution in [-0.4, -0.2) is 38.4 Å². The molecule has 174 valence electrons. The Balaban J connectivity index is 1.47. The Hall–Kier alpha value is -4.18. The van der Waals surface area contributed by atoms with E-state index in [1.165, 1.54) is 34.5 Å². The van der Waals surface area contributed by atoms with E-state index >= 15 is 0 Å². The molecule has 6 rings (SSSR count). The summed E-state index contributed by atoms with van der Waals surface area (Å²) in [5, 5.41) is 4.18. The summed E-state index contributed by atoms with van der Waals surface area (Å²) >= 11 is 1.47. The van der Waals surface area contributed by atoms with Gasteiger partial charge in [-0.2, -0.15) is 5.10 Å². The molecule has 0 radical (unpaired) electrons. The van der Waals surface area contributed by atoms with Crippen LogP contribution >= 0.6 is 11.3 Å². The van der Waals surface area contributed by atoms with Gasteiger partial charge in [-0.25, -0.2) is 28.4 Å². The van der Waals surface area contributed by atoms with Gasteiger partial charge in [0.1, 0.15) is 29.3 Å². The summed E-state index contributed by atoms with van der Waals surface area (Å²) in [6, 6.07) is 12.9. The highest BCUT2D eigenvalue weighted by Crippen LogP contribution is 2.44. The molecule has 5 heterocycles. The van der Waals surface area contributed by atoms with Crippen molar-refractivity contribution in [3.63, 3.8) is 0 Å². The molecule has 4 aromatic heterocycles. The van der Waals surface area contributed by atoms with Gasteiger partial charge in [0.25, 0.3) is 0 Å². The Morgan fingerprint density at radius 2 is 2.00 bits per heavy atom. The van der Waals surface area contributed by atoms with E-state index in [1.807, 2.05) is 30.3 Å². The van der Waals surface area contributed by atoms with Crippen LogP contribution < -0.4 is 9.47 Å². The van der Waals surface area contributed by atoms with Crippen molar-refractivity contribution in [2.75, 3.05) is 13.7 Å². The number of nitrogens with zero attached hydrogens (tertiary/aromatic N) is 5. The molecule has 0 spiro atoms. The average Bonchev–Trinajstić information content (AvgIpc) is 3.48. The highest BCUT2D eigenvalue weighted by Gasteiger charge is 2.24. The molecule has 7 nitrogen and oxygen atoms in total. The van der Waals surface area contributed by atoms with Crippen molar-refractivity contribution < 1.29 is 18.3 Å². The van der Waals surface area contributed by atoms with E-state index in [9.17, 15) is 8.78 Å². The zero-order chi connectivity index (χ0) is 23.9. The molecule has 0 unspecified atom stereocenters. The Morgan fingerprint density at radius 3 is 2.86 bits per heavy atom. The fourth-order valence-electron chi connectivity index (χ4n) is 4.06. The van der Waals surface area contributed by atoms with E-state index in [0.29, 0.717) is 41.9 Å². The monoisotopic (exact) mass is 489 g/mol. The number of hydrogen-bond acceptors (Lipinski definition) is 7. The van der Waals surface area contributed by atoms with Crippen molar-refractivity contribution in [1.82, 2.24) is 24.7 Å². The number of ether oxygens (including phenoxy) is 2. The van der Waals surface area contributed by atoms with Gasteiger partial charge >= 0.3 is 0 Å². The summed E-state index contributed by atoms with van der Waals surface area (Å²) in [6.45, 7) is 0.493. The number of fused-ring (bicyclic) bond motifs is 3. The first-order valence-corrected chi connectivity index (χ1v) is 11.6. The van der Waals surface area contributed by atoms with Gasteiger partial charge in [0.2, 0.25) is 5.88 Å². The minimum absolute atomic E-state index is 0.121. The second-order valence-corrected chi connectivity index (χ2v) is 8.81. The minimum atomic E-state index is -0.717. The van der Waals surface area contributed by atoms with Crippen molar-refractivity contribution in [1.29, 1.82) is 0 Å². The lowest BCUT2D eigenvalue weighted by atomic mass is 10.1. The quantitative estimate of drug-likeness (QED) is 0.339. The van der Waals surface area contributed by atoms with Crippen LogP contribution in [0.2, 0.25) is 0 Å². The van der Waals surface area contributed by atoms with Crippen LogP contribution in [0.4, 0.5) is 8.78 Å². The number of rotatable bonds is 4. The lowest BCUT2D eigenvalue weighted by Gasteiger charge is -2.10. The van der Waals surface area contributed by atoms with Crippen LogP contribution in [0.25, 0.3) is 38.2 Å². The van der Waals surface area contributed by atoms with Crippen LogP contribution in [0.5, 0.6) is 11.6 Å². The first kappa shape index (κ1) is 21.4. The summed E-state index contributed by atoms with van der Waals surface area (Å²) in [7, 11) is 1.57. The highest BCUT2D eigenvalue weighted by molar-refractivity contribution is 7.19. The SMILES string of the molecule is COc1ncccc1-c1ccc2c(n1)-c1sc(-c3ncnn3-c3ccc(F)cc3F)cc1CCO2. The maximum atomic E-state index is 14.5. The van der Waals surface area contributed by atoms with Gasteiger partial charge in [0.05, 0.1) is 34.7 Å². The van der Waals surface area contributed by atoms with E-state index < -0.39 is 11.6 Å².